The van der Waals surface area contributed by atoms with Crippen LogP contribution in [-0.4, -0.2) is 41.1 Å². The van der Waals surface area contributed by atoms with Crippen LogP contribution in [0.25, 0.3) is 0 Å². The minimum atomic E-state index is -1.01. The van der Waals surface area contributed by atoms with Gasteiger partial charge in [0.25, 0.3) is 0 Å². The van der Waals surface area contributed by atoms with Gasteiger partial charge in [-0.2, -0.15) is 0 Å². The molecule has 2 fully saturated rings. The topological polar surface area (TPSA) is 66.6 Å². The highest BCUT2D eigenvalue weighted by Crippen LogP contribution is 2.39. The molecule has 0 amide bonds. The molecule has 1 saturated carbocycles. The van der Waals surface area contributed by atoms with Crippen molar-refractivity contribution in [3.05, 3.63) is 0 Å². The molecule has 2 aliphatic rings. The molecule has 17 heavy (non-hydrogen) atoms. The van der Waals surface area contributed by atoms with Crippen LogP contribution in [0.5, 0.6) is 0 Å². The second kappa shape index (κ2) is 4.94. The third-order valence-electron chi connectivity index (χ3n) is 4.30. The van der Waals surface area contributed by atoms with Crippen LogP contribution < -0.4 is 5.73 Å². The summed E-state index contributed by atoms with van der Waals surface area (Å²) in [5.41, 5.74) is 5.12. The molecule has 0 radical (unpaired) electrons. The zero-order valence-electron chi connectivity index (χ0n) is 10.7. The highest BCUT2D eigenvalue weighted by molar-refractivity contribution is 5.79. The van der Waals surface area contributed by atoms with Gasteiger partial charge in [0.15, 0.2) is 0 Å². The maximum atomic E-state index is 11.4. The molecule has 1 aliphatic carbocycles. The van der Waals surface area contributed by atoms with Gasteiger partial charge in [0.2, 0.25) is 0 Å². The predicted octanol–water partition coefficient (Wildman–Crippen LogP) is 1.30. The Morgan fingerprint density at radius 2 is 2.06 bits per heavy atom. The van der Waals surface area contributed by atoms with E-state index in [1.807, 2.05) is 0 Å². The van der Waals surface area contributed by atoms with Crippen molar-refractivity contribution in [1.29, 1.82) is 0 Å². The second-order valence-corrected chi connectivity index (χ2v) is 5.93. The molecule has 0 aromatic rings. The summed E-state index contributed by atoms with van der Waals surface area (Å²) in [5, 5.41) is 9.34. The number of nitrogens with zero attached hydrogens (tertiary/aromatic N) is 1. The summed E-state index contributed by atoms with van der Waals surface area (Å²) >= 11 is 0. The van der Waals surface area contributed by atoms with Gasteiger partial charge in [-0.1, -0.05) is 6.92 Å². The van der Waals surface area contributed by atoms with E-state index < -0.39 is 11.5 Å². The predicted molar refractivity (Wildman–Crippen MR) is 66.7 cm³/mol. The molecular weight excluding hydrogens is 216 g/mol. The number of carboxylic acid groups (broad SMARTS) is 1. The van der Waals surface area contributed by atoms with Crippen molar-refractivity contribution in [2.45, 2.75) is 44.6 Å². The highest BCUT2D eigenvalue weighted by Gasteiger charge is 2.49. The van der Waals surface area contributed by atoms with Crippen molar-refractivity contribution in [1.82, 2.24) is 4.90 Å². The van der Waals surface area contributed by atoms with Crippen molar-refractivity contribution in [3.8, 4) is 0 Å². The third-order valence-corrected chi connectivity index (χ3v) is 4.30. The molecule has 4 heteroatoms. The van der Waals surface area contributed by atoms with Gasteiger partial charge < -0.3 is 15.7 Å². The zero-order valence-corrected chi connectivity index (χ0v) is 10.7. The number of aliphatic carboxylic acids is 1. The summed E-state index contributed by atoms with van der Waals surface area (Å²) in [7, 11) is 0. The monoisotopic (exact) mass is 240 g/mol. The number of carboxylic acids is 1. The van der Waals surface area contributed by atoms with Gasteiger partial charge in [-0.05, 0) is 57.0 Å². The van der Waals surface area contributed by atoms with E-state index in [1.54, 1.807) is 0 Å². The van der Waals surface area contributed by atoms with Gasteiger partial charge in [-0.3, -0.25) is 4.79 Å². The quantitative estimate of drug-likeness (QED) is 0.777. The van der Waals surface area contributed by atoms with Crippen molar-refractivity contribution in [2.24, 2.45) is 17.6 Å². The Hall–Kier alpha value is -0.610. The van der Waals surface area contributed by atoms with Gasteiger partial charge in [0, 0.05) is 6.54 Å². The van der Waals surface area contributed by atoms with E-state index in [2.05, 4.69) is 11.8 Å². The zero-order chi connectivity index (χ0) is 12.5. The summed E-state index contributed by atoms with van der Waals surface area (Å²) in [6.45, 7) is 4.81. The van der Waals surface area contributed by atoms with Gasteiger partial charge in [0.1, 0.15) is 5.54 Å². The average Bonchev–Trinajstić information content (AvgIpc) is 3.07. The van der Waals surface area contributed by atoms with Crippen LogP contribution in [0.15, 0.2) is 0 Å². The number of carbonyl (C=O) groups is 1. The Morgan fingerprint density at radius 3 is 2.65 bits per heavy atom. The lowest BCUT2D eigenvalue weighted by atomic mass is 9.94. The lowest BCUT2D eigenvalue weighted by molar-refractivity contribution is -0.145. The van der Waals surface area contributed by atoms with Crippen LogP contribution in [0.2, 0.25) is 0 Å². The fourth-order valence-corrected chi connectivity index (χ4v) is 2.82. The normalized spacial score (nSPS) is 30.6. The second-order valence-electron chi connectivity index (χ2n) is 5.93. The first-order valence-corrected chi connectivity index (χ1v) is 6.77. The molecule has 0 aromatic heterocycles. The molecule has 1 heterocycles. The first-order valence-electron chi connectivity index (χ1n) is 6.77. The Bertz CT molecular complexity index is 291. The van der Waals surface area contributed by atoms with E-state index in [-0.39, 0.29) is 5.92 Å². The molecule has 4 nitrogen and oxygen atoms in total. The van der Waals surface area contributed by atoms with Gasteiger partial charge in [-0.15, -0.1) is 0 Å². The standard InChI is InChI=1S/C13H24N2O2/c1-10-3-2-7-15(8-6-10)9-13(14,12(16)17)11-4-5-11/h10-11H,2-9,14H2,1H3,(H,16,17). The molecule has 1 aliphatic heterocycles. The van der Waals surface area contributed by atoms with E-state index >= 15 is 0 Å². The number of hydrogen-bond acceptors (Lipinski definition) is 3. The van der Waals surface area contributed by atoms with Crippen molar-refractivity contribution < 1.29 is 9.90 Å². The Morgan fingerprint density at radius 1 is 1.35 bits per heavy atom. The fraction of sp³-hybridized carbons (Fsp3) is 0.923. The largest absolute Gasteiger partial charge is 0.480 e. The first-order chi connectivity index (χ1) is 8.02. The molecule has 3 N–H and O–H groups in total. The van der Waals surface area contributed by atoms with Crippen LogP contribution in [0, 0.1) is 11.8 Å². The Kier molecular flexibility index (Phi) is 3.73. The minimum absolute atomic E-state index is 0.195. The van der Waals surface area contributed by atoms with Crippen LogP contribution in [-0.2, 0) is 4.79 Å². The van der Waals surface area contributed by atoms with Crippen LogP contribution >= 0.6 is 0 Å². The summed E-state index contributed by atoms with van der Waals surface area (Å²) in [6.07, 6.45) is 5.55. The summed E-state index contributed by atoms with van der Waals surface area (Å²) in [5.74, 6) is 0.135. The highest BCUT2D eigenvalue weighted by atomic mass is 16.4. The molecule has 2 atom stereocenters. The van der Waals surface area contributed by atoms with Gasteiger partial charge >= 0.3 is 5.97 Å². The SMILES string of the molecule is CC1CCCN(CC(N)(C(=O)O)C2CC2)CC1. The van der Waals surface area contributed by atoms with E-state index in [4.69, 9.17) is 5.73 Å². The van der Waals surface area contributed by atoms with Gasteiger partial charge in [-0.25, -0.2) is 0 Å². The molecule has 2 rings (SSSR count). The van der Waals surface area contributed by atoms with Gasteiger partial charge in [0.05, 0.1) is 0 Å². The van der Waals surface area contributed by atoms with E-state index in [0.717, 1.165) is 31.8 Å². The van der Waals surface area contributed by atoms with E-state index in [1.165, 1.54) is 19.3 Å². The van der Waals surface area contributed by atoms with Crippen molar-refractivity contribution in [2.75, 3.05) is 19.6 Å². The van der Waals surface area contributed by atoms with E-state index in [9.17, 15) is 9.90 Å². The lowest BCUT2D eigenvalue weighted by Gasteiger charge is -2.31. The van der Waals surface area contributed by atoms with Crippen molar-refractivity contribution in [3.63, 3.8) is 0 Å². The number of hydrogen-bond donors (Lipinski definition) is 2. The average molecular weight is 240 g/mol. The Balaban J connectivity index is 1.95. The first kappa shape index (κ1) is 12.8. The number of likely N-dealkylation sites (tertiary alicyclic amines) is 1. The molecular formula is C13H24N2O2. The van der Waals surface area contributed by atoms with Crippen LogP contribution in [0.1, 0.15) is 39.0 Å². The summed E-state index contributed by atoms with van der Waals surface area (Å²) in [6, 6.07) is 0. The maximum Gasteiger partial charge on any atom is 0.325 e. The third kappa shape index (κ3) is 2.99. The molecule has 98 valence electrons. The molecule has 2 unspecified atom stereocenters. The number of nitrogens with two attached hydrogens (primary N) is 1. The molecule has 0 spiro atoms. The van der Waals surface area contributed by atoms with Crippen LogP contribution in [0.4, 0.5) is 0 Å². The Labute approximate surface area is 103 Å². The lowest BCUT2D eigenvalue weighted by Crippen LogP contribution is -2.58. The minimum Gasteiger partial charge on any atom is -0.480 e. The smallest absolute Gasteiger partial charge is 0.325 e. The molecule has 1 saturated heterocycles. The summed E-state index contributed by atoms with van der Waals surface area (Å²) in [4.78, 5) is 13.6. The molecule has 0 aromatic carbocycles. The van der Waals surface area contributed by atoms with Crippen LogP contribution in [0.3, 0.4) is 0 Å². The fourth-order valence-electron chi connectivity index (χ4n) is 2.82. The van der Waals surface area contributed by atoms with E-state index in [0.29, 0.717) is 6.54 Å². The maximum absolute atomic E-state index is 11.4. The number of rotatable bonds is 4. The summed E-state index contributed by atoms with van der Waals surface area (Å²) < 4.78 is 0. The molecule has 0 bridgehead atoms. The van der Waals surface area contributed by atoms with Crippen molar-refractivity contribution >= 4 is 5.97 Å².